The SMILES string of the molecule is CCn1nc(C)c(Cl)c1CC(=O)c1cc(F)ccc1N. The highest BCUT2D eigenvalue weighted by Crippen LogP contribution is 2.23. The van der Waals surface area contributed by atoms with Gasteiger partial charge in [-0.15, -0.1) is 0 Å². The van der Waals surface area contributed by atoms with Gasteiger partial charge in [0.05, 0.1) is 22.8 Å². The van der Waals surface area contributed by atoms with Crippen molar-refractivity contribution in [1.82, 2.24) is 9.78 Å². The maximum absolute atomic E-state index is 13.2. The second-order valence-corrected chi connectivity index (χ2v) is 4.87. The van der Waals surface area contributed by atoms with Gasteiger partial charge < -0.3 is 5.73 Å². The molecular weight excluding hydrogens is 281 g/mol. The summed E-state index contributed by atoms with van der Waals surface area (Å²) < 4.78 is 14.9. The minimum atomic E-state index is -0.492. The first-order chi connectivity index (χ1) is 9.43. The van der Waals surface area contributed by atoms with E-state index in [0.717, 1.165) is 6.07 Å². The van der Waals surface area contributed by atoms with Crippen LogP contribution in [0.3, 0.4) is 0 Å². The summed E-state index contributed by atoms with van der Waals surface area (Å²) in [4.78, 5) is 12.3. The van der Waals surface area contributed by atoms with Crippen molar-refractivity contribution in [2.45, 2.75) is 26.8 Å². The van der Waals surface area contributed by atoms with Crippen molar-refractivity contribution in [1.29, 1.82) is 0 Å². The smallest absolute Gasteiger partial charge is 0.171 e. The third-order valence-electron chi connectivity index (χ3n) is 3.10. The highest BCUT2D eigenvalue weighted by Gasteiger charge is 2.18. The van der Waals surface area contributed by atoms with Crippen molar-refractivity contribution in [2.24, 2.45) is 0 Å². The van der Waals surface area contributed by atoms with Crippen molar-refractivity contribution in [3.63, 3.8) is 0 Å². The molecule has 0 radical (unpaired) electrons. The van der Waals surface area contributed by atoms with Crippen LogP contribution in [0.1, 0.15) is 28.7 Å². The third kappa shape index (κ3) is 2.67. The van der Waals surface area contributed by atoms with Crippen LogP contribution in [0, 0.1) is 12.7 Å². The molecule has 0 bridgehead atoms. The third-order valence-corrected chi connectivity index (χ3v) is 3.59. The van der Waals surface area contributed by atoms with Crippen molar-refractivity contribution in [2.75, 3.05) is 5.73 Å². The molecule has 0 spiro atoms. The van der Waals surface area contributed by atoms with Gasteiger partial charge in [0.25, 0.3) is 0 Å². The van der Waals surface area contributed by atoms with Gasteiger partial charge in [-0.1, -0.05) is 11.6 Å². The van der Waals surface area contributed by atoms with Gasteiger partial charge in [0.15, 0.2) is 5.78 Å². The molecule has 1 aromatic heterocycles. The number of aryl methyl sites for hydroxylation is 2. The Morgan fingerprint density at radius 3 is 2.85 bits per heavy atom. The van der Waals surface area contributed by atoms with Crippen LogP contribution in [0.2, 0.25) is 5.02 Å². The number of carbonyl (C=O) groups is 1. The number of anilines is 1. The first-order valence-corrected chi connectivity index (χ1v) is 6.61. The standard InChI is InChI=1S/C14H15ClFN3O/c1-3-19-12(14(15)8(2)18-19)7-13(20)10-6-9(16)4-5-11(10)17/h4-6H,3,7,17H2,1-2H3. The Morgan fingerprint density at radius 2 is 2.20 bits per heavy atom. The van der Waals surface area contributed by atoms with Crippen molar-refractivity contribution in [3.8, 4) is 0 Å². The fourth-order valence-electron chi connectivity index (χ4n) is 2.06. The van der Waals surface area contributed by atoms with Crippen LogP contribution in [0.25, 0.3) is 0 Å². The summed E-state index contributed by atoms with van der Waals surface area (Å²) in [5.41, 5.74) is 7.44. The summed E-state index contributed by atoms with van der Waals surface area (Å²) in [6.45, 7) is 4.29. The van der Waals surface area contributed by atoms with Crippen molar-refractivity contribution >= 4 is 23.1 Å². The Hall–Kier alpha value is -1.88. The van der Waals surface area contributed by atoms with E-state index >= 15 is 0 Å². The lowest BCUT2D eigenvalue weighted by molar-refractivity contribution is 0.0991. The maximum atomic E-state index is 13.2. The molecule has 2 rings (SSSR count). The lowest BCUT2D eigenvalue weighted by atomic mass is 10.0. The number of nitrogens with zero attached hydrogens (tertiary/aromatic N) is 2. The lowest BCUT2D eigenvalue weighted by Gasteiger charge is -2.07. The van der Waals surface area contributed by atoms with E-state index in [9.17, 15) is 9.18 Å². The Labute approximate surface area is 121 Å². The highest BCUT2D eigenvalue weighted by molar-refractivity contribution is 6.32. The minimum Gasteiger partial charge on any atom is -0.398 e. The van der Waals surface area contributed by atoms with Crippen molar-refractivity contribution < 1.29 is 9.18 Å². The van der Waals surface area contributed by atoms with Crippen LogP contribution in [0.4, 0.5) is 10.1 Å². The van der Waals surface area contributed by atoms with Crippen LogP contribution in [0.5, 0.6) is 0 Å². The number of hydrogen-bond acceptors (Lipinski definition) is 3. The number of halogens is 2. The zero-order valence-electron chi connectivity index (χ0n) is 11.3. The Kier molecular flexibility index (Phi) is 4.09. The fraction of sp³-hybridized carbons (Fsp3) is 0.286. The highest BCUT2D eigenvalue weighted by atomic mass is 35.5. The number of ketones is 1. The van der Waals surface area contributed by atoms with E-state index in [4.69, 9.17) is 17.3 Å². The molecule has 0 aliphatic rings. The molecule has 2 N–H and O–H groups in total. The first-order valence-electron chi connectivity index (χ1n) is 6.24. The van der Waals surface area contributed by atoms with Crippen LogP contribution >= 0.6 is 11.6 Å². The van der Waals surface area contributed by atoms with E-state index in [0.29, 0.717) is 23.0 Å². The van der Waals surface area contributed by atoms with Gasteiger partial charge in [-0.05, 0) is 32.0 Å². The molecule has 0 saturated heterocycles. The molecule has 6 heteroatoms. The molecule has 4 nitrogen and oxygen atoms in total. The molecule has 0 aliphatic heterocycles. The van der Waals surface area contributed by atoms with Gasteiger partial charge in [-0.2, -0.15) is 5.10 Å². The average Bonchev–Trinajstić information content (AvgIpc) is 2.69. The molecule has 0 fully saturated rings. The van der Waals surface area contributed by atoms with Gasteiger partial charge in [0, 0.05) is 17.8 Å². The zero-order valence-corrected chi connectivity index (χ0v) is 12.0. The van der Waals surface area contributed by atoms with Gasteiger partial charge in [0.2, 0.25) is 0 Å². The largest absolute Gasteiger partial charge is 0.398 e. The molecule has 0 saturated carbocycles. The zero-order chi connectivity index (χ0) is 14.9. The molecule has 0 unspecified atom stereocenters. The summed E-state index contributed by atoms with van der Waals surface area (Å²) in [5.74, 6) is -0.771. The number of nitrogens with two attached hydrogens (primary N) is 1. The fourth-order valence-corrected chi connectivity index (χ4v) is 2.26. The van der Waals surface area contributed by atoms with E-state index in [2.05, 4.69) is 5.10 Å². The summed E-state index contributed by atoms with van der Waals surface area (Å²) in [6, 6.07) is 3.75. The molecule has 0 amide bonds. The number of Topliss-reactive ketones (excluding diaryl/α,β-unsaturated/α-hetero) is 1. The number of nitrogen functional groups attached to an aromatic ring is 1. The average molecular weight is 296 g/mol. The van der Waals surface area contributed by atoms with E-state index in [1.165, 1.54) is 12.1 Å². The Morgan fingerprint density at radius 1 is 1.50 bits per heavy atom. The lowest BCUT2D eigenvalue weighted by Crippen LogP contribution is -2.12. The topological polar surface area (TPSA) is 60.9 Å². The number of hydrogen-bond donors (Lipinski definition) is 1. The van der Waals surface area contributed by atoms with E-state index < -0.39 is 5.82 Å². The predicted octanol–water partition coefficient (Wildman–Crippen LogP) is 3.01. The van der Waals surface area contributed by atoms with Crippen LogP contribution < -0.4 is 5.73 Å². The minimum absolute atomic E-state index is 0.0428. The second kappa shape index (κ2) is 5.63. The van der Waals surface area contributed by atoms with E-state index in [1.807, 2.05) is 6.92 Å². The first kappa shape index (κ1) is 14.5. The van der Waals surface area contributed by atoms with E-state index in [1.54, 1.807) is 11.6 Å². The molecule has 1 aromatic carbocycles. The van der Waals surface area contributed by atoms with Gasteiger partial charge in [0.1, 0.15) is 5.82 Å². The molecule has 1 heterocycles. The second-order valence-electron chi connectivity index (χ2n) is 4.49. The molecule has 2 aromatic rings. The summed E-state index contributed by atoms with van der Waals surface area (Å²) >= 11 is 6.15. The number of rotatable bonds is 4. The van der Waals surface area contributed by atoms with Crippen LogP contribution in [0.15, 0.2) is 18.2 Å². The molecule has 0 aliphatic carbocycles. The molecule has 0 atom stereocenters. The number of benzene rings is 1. The maximum Gasteiger partial charge on any atom is 0.171 e. The van der Waals surface area contributed by atoms with Gasteiger partial charge in [-0.25, -0.2) is 4.39 Å². The molecular formula is C14H15ClFN3O. The van der Waals surface area contributed by atoms with Crippen LogP contribution in [-0.2, 0) is 13.0 Å². The monoisotopic (exact) mass is 295 g/mol. The summed E-state index contributed by atoms with van der Waals surface area (Å²) in [5, 5.41) is 4.71. The molecule has 106 valence electrons. The predicted molar refractivity (Wildman–Crippen MR) is 76.5 cm³/mol. The number of carbonyl (C=O) groups excluding carboxylic acids is 1. The summed E-state index contributed by atoms with van der Waals surface area (Å²) in [6.07, 6.45) is 0.0428. The normalized spacial score (nSPS) is 10.8. The molecule has 20 heavy (non-hydrogen) atoms. The Balaban J connectivity index is 2.35. The van der Waals surface area contributed by atoms with Crippen LogP contribution in [-0.4, -0.2) is 15.6 Å². The quantitative estimate of drug-likeness (QED) is 0.697. The Bertz CT molecular complexity index is 667. The summed E-state index contributed by atoms with van der Waals surface area (Å²) in [7, 11) is 0. The van der Waals surface area contributed by atoms with E-state index in [-0.39, 0.29) is 23.5 Å². The van der Waals surface area contributed by atoms with Gasteiger partial charge in [-0.3, -0.25) is 9.48 Å². The van der Waals surface area contributed by atoms with Crippen molar-refractivity contribution in [3.05, 3.63) is 46.0 Å². The van der Waals surface area contributed by atoms with Gasteiger partial charge >= 0.3 is 0 Å². The number of aromatic nitrogens is 2.